The average Bonchev–Trinajstić information content (AvgIpc) is 3.61. The molecular weight excluding hydrogens is 475 g/mol. The monoisotopic (exact) mass is 496 g/mol. The normalized spacial score (nSPS) is 11.4. The van der Waals surface area contributed by atoms with Gasteiger partial charge in [0.15, 0.2) is 5.13 Å². The van der Waals surface area contributed by atoms with E-state index in [2.05, 4.69) is 36.5 Å². The number of aromatic amines is 2. The summed E-state index contributed by atoms with van der Waals surface area (Å²) in [7, 11) is 0. The molecule has 6 aromatic rings. The van der Waals surface area contributed by atoms with E-state index in [-0.39, 0.29) is 11.0 Å². The number of hydrogen-bond donors (Lipinski definition) is 3. The van der Waals surface area contributed by atoms with E-state index in [1.807, 2.05) is 37.3 Å². The highest BCUT2D eigenvalue weighted by atomic mass is 32.1. The van der Waals surface area contributed by atoms with Crippen molar-refractivity contribution in [1.82, 2.24) is 25.1 Å². The van der Waals surface area contributed by atoms with Crippen LogP contribution in [0.1, 0.15) is 19.8 Å². The number of H-pyrrole nitrogens is 2. The van der Waals surface area contributed by atoms with Crippen LogP contribution in [0.5, 0.6) is 0 Å². The minimum atomic E-state index is -0.222. The molecule has 0 atom stereocenters. The van der Waals surface area contributed by atoms with Gasteiger partial charge < -0.3 is 10.3 Å². The van der Waals surface area contributed by atoms with Gasteiger partial charge >= 0.3 is 0 Å². The van der Waals surface area contributed by atoms with Crippen LogP contribution in [0, 0.1) is 5.13 Å². The molecule has 1 amide bonds. The van der Waals surface area contributed by atoms with Gasteiger partial charge in [-0.15, -0.1) is 11.3 Å². The SMILES string of the molecule is CCCC(=O)Nc1cncc(-c2ccc3[nH]nc(-c4cc5c(-c6ccc(F)s6)ccnc5[nH]4)c3c2)c1. The summed E-state index contributed by atoms with van der Waals surface area (Å²) in [5.74, 6) is -0.0268. The summed E-state index contributed by atoms with van der Waals surface area (Å²) in [6, 6.07) is 15.1. The standard InChI is InChI=1S/C27H21FN6OS/c1-2-3-25(35)31-17-10-16(13-29-14-17)15-4-5-21-20(11-15)26(34-33-21)22-12-19-18(8-9-30-27(19)32-22)23-6-7-24(28)36-23/h4-14H,2-3H2,1H3,(H,30,32)(H,31,35)(H,33,34). The van der Waals surface area contributed by atoms with Crippen molar-refractivity contribution in [1.29, 1.82) is 0 Å². The lowest BCUT2D eigenvalue weighted by atomic mass is 10.0. The van der Waals surface area contributed by atoms with E-state index in [1.54, 1.807) is 24.7 Å². The zero-order chi connectivity index (χ0) is 24.6. The Balaban J connectivity index is 1.40. The molecule has 5 aromatic heterocycles. The van der Waals surface area contributed by atoms with Gasteiger partial charge in [0.05, 0.1) is 23.1 Å². The summed E-state index contributed by atoms with van der Waals surface area (Å²) in [4.78, 5) is 25.0. The number of hydrogen-bond acceptors (Lipinski definition) is 5. The zero-order valence-electron chi connectivity index (χ0n) is 19.3. The molecule has 0 bridgehead atoms. The number of halogens is 1. The van der Waals surface area contributed by atoms with Crippen LogP contribution in [0.2, 0.25) is 0 Å². The van der Waals surface area contributed by atoms with Crippen LogP contribution in [0.4, 0.5) is 10.1 Å². The molecule has 3 N–H and O–H groups in total. The second-order valence-corrected chi connectivity index (χ2v) is 9.53. The molecule has 178 valence electrons. The number of anilines is 1. The molecule has 0 fully saturated rings. The lowest BCUT2D eigenvalue weighted by molar-refractivity contribution is -0.116. The fraction of sp³-hybridized carbons (Fsp3) is 0.111. The van der Waals surface area contributed by atoms with Crippen molar-refractivity contribution in [3.63, 3.8) is 0 Å². The van der Waals surface area contributed by atoms with Crippen molar-refractivity contribution in [2.24, 2.45) is 0 Å². The maximum Gasteiger partial charge on any atom is 0.224 e. The number of carbonyl (C=O) groups excluding carboxylic acids is 1. The van der Waals surface area contributed by atoms with E-state index >= 15 is 0 Å². The van der Waals surface area contributed by atoms with Crippen LogP contribution < -0.4 is 5.32 Å². The smallest absolute Gasteiger partial charge is 0.224 e. The first-order valence-corrected chi connectivity index (χ1v) is 12.4. The number of aromatic nitrogens is 5. The predicted octanol–water partition coefficient (Wildman–Crippen LogP) is 6.77. The zero-order valence-corrected chi connectivity index (χ0v) is 20.1. The van der Waals surface area contributed by atoms with Crippen molar-refractivity contribution in [2.45, 2.75) is 19.8 Å². The molecule has 0 aliphatic rings. The molecule has 0 unspecified atom stereocenters. The predicted molar refractivity (Wildman–Crippen MR) is 141 cm³/mol. The summed E-state index contributed by atoms with van der Waals surface area (Å²) >= 11 is 1.11. The average molecular weight is 497 g/mol. The van der Waals surface area contributed by atoms with E-state index in [0.29, 0.717) is 17.8 Å². The van der Waals surface area contributed by atoms with Gasteiger partial charge in [-0.3, -0.25) is 14.9 Å². The van der Waals surface area contributed by atoms with Crippen LogP contribution >= 0.6 is 11.3 Å². The molecule has 0 radical (unpaired) electrons. The third-order valence-corrected chi connectivity index (χ3v) is 6.93. The van der Waals surface area contributed by atoms with E-state index in [0.717, 1.165) is 67.0 Å². The van der Waals surface area contributed by atoms with Gasteiger partial charge in [0.2, 0.25) is 5.91 Å². The molecule has 5 heterocycles. The third-order valence-electron chi connectivity index (χ3n) is 6.02. The summed E-state index contributed by atoms with van der Waals surface area (Å²) in [5, 5.41) is 12.2. The Morgan fingerprint density at radius 3 is 2.81 bits per heavy atom. The van der Waals surface area contributed by atoms with Crippen LogP contribution in [-0.4, -0.2) is 31.1 Å². The quantitative estimate of drug-likeness (QED) is 0.237. The van der Waals surface area contributed by atoms with Gasteiger partial charge in [0.1, 0.15) is 11.3 Å². The highest BCUT2D eigenvalue weighted by molar-refractivity contribution is 7.14. The first-order valence-electron chi connectivity index (χ1n) is 11.6. The third kappa shape index (κ3) is 4.03. The molecule has 9 heteroatoms. The molecule has 6 rings (SSSR count). The number of thiophene rings is 1. The Morgan fingerprint density at radius 2 is 1.97 bits per heavy atom. The van der Waals surface area contributed by atoms with Crippen LogP contribution in [-0.2, 0) is 4.79 Å². The summed E-state index contributed by atoms with van der Waals surface area (Å²) < 4.78 is 13.7. The lowest BCUT2D eigenvalue weighted by Gasteiger charge is -2.07. The molecule has 0 aliphatic carbocycles. The second kappa shape index (κ2) is 9.01. The maximum absolute atomic E-state index is 13.7. The van der Waals surface area contributed by atoms with Gasteiger partial charge in [-0.25, -0.2) is 4.98 Å². The van der Waals surface area contributed by atoms with Gasteiger partial charge in [-0.2, -0.15) is 9.49 Å². The van der Waals surface area contributed by atoms with Crippen LogP contribution in [0.25, 0.3) is 54.9 Å². The van der Waals surface area contributed by atoms with E-state index in [1.165, 1.54) is 6.07 Å². The topological polar surface area (TPSA) is 99.3 Å². The molecule has 0 spiro atoms. The van der Waals surface area contributed by atoms with E-state index in [9.17, 15) is 9.18 Å². The number of benzene rings is 1. The van der Waals surface area contributed by atoms with Crippen LogP contribution in [0.15, 0.2) is 67.1 Å². The highest BCUT2D eigenvalue weighted by Gasteiger charge is 2.16. The molecule has 0 saturated heterocycles. The Bertz CT molecular complexity index is 1730. The number of nitrogens with zero attached hydrogens (tertiary/aromatic N) is 3. The van der Waals surface area contributed by atoms with E-state index in [4.69, 9.17) is 0 Å². The van der Waals surface area contributed by atoms with Crippen molar-refractivity contribution >= 4 is 44.9 Å². The second-order valence-electron chi connectivity index (χ2n) is 8.50. The van der Waals surface area contributed by atoms with Crippen molar-refractivity contribution in [3.05, 3.63) is 72.3 Å². The largest absolute Gasteiger partial charge is 0.338 e. The number of nitrogens with one attached hydrogen (secondary N) is 3. The molecule has 7 nitrogen and oxygen atoms in total. The highest BCUT2D eigenvalue weighted by Crippen LogP contribution is 2.36. The summed E-state index contributed by atoms with van der Waals surface area (Å²) in [5.41, 5.74) is 6.59. The van der Waals surface area contributed by atoms with Gasteiger partial charge in [-0.1, -0.05) is 13.0 Å². The maximum atomic E-state index is 13.7. The fourth-order valence-corrected chi connectivity index (χ4v) is 5.11. The lowest BCUT2D eigenvalue weighted by Crippen LogP contribution is -2.10. The number of amides is 1. The molecular formula is C27H21FN6OS. The van der Waals surface area contributed by atoms with E-state index < -0.39 is 0 Å². The number of fused-ring (bicyclic) bond motifs is 2. The number of carbonyl (C=O) groups is 1. The Hall–Kier alpha value is -4.37. The summed E-state index contributed by atoms with van der Waals surface area (Å²) in [6.07, 6.45) is 6.39. The molecule has 0 saturated carbocycles. The first-order chi connectivity index (χ1) is 17.6. The van der Waals surface area contributed by atoms with Crippen molar-refractivity contribution in [2.75, 3.05) is 5.32 Å². The van der Waals surface area contributed by atoms with Crippen LogP contribution in [0.3, 0.4) is 0 Å². The first kappa shape index (κ1) is 22.1. The number of pyridine rings is 2. The minimum absolute atomic E-state index is 0.0268. The van der Waals surface area contributed by atoms with Crippen molar-refractivity contribution < 1.29 is 9.18 Å². The Morgan fingerprint density at radius 1 is 1.06 bits per heavy atom. The molecule has 1 aromatic carbocycles. The van der Waals surface area contributed by atoms with Gasteiger partial charge in [0, 0.05) is 45.6 Å². The minimum Gasteiger partial charge on any atom is -0.338 e. The number of rotatable bonds is 6. The molecule has 0 aliphatic heterocycles. The van der Waals surface area contributed by atoms with Crippen molar-refractivity contribution in [3.8, 4) is 33.0 Å². The fourth-order valence-electron chi connectivity index (χ4n) is 4.34. The molecule has 36 heavy (non-hydrogen) atoms. The summed E-state index contributed by atoms with van der Waals surface area (Å²) in [6.45, 7) is 1.97. The van der Waals surface area contributed by atoms with Gasteiger partial charge in [-0.05, 0) is 54.4 Å². The van der Waals surface area contributed by atoms with Gasteiger partial charge in [0.25, 0.3) is 0 Å². The Labute approximate surface area is 209 Å². The Kier molecular flexibility index (Phi) is 5.54.